The van der Waals surface area contributed by atoms with Gasteiger partial charge in [0.25, 0.3) is 5.91 Å². The van der Waals surface area contributed by atoms with Gasteiger partial charge in [-0.25, -0.2) is 4.79 Å². The fraction of sp³-hybridized carbons (Fsp3) is 0.400. The van der Waals surface area contributed by atoms with E-state index in [1.807, 2.05) is 13.8 Å². The summed E-state index contributed by atoms with van der Waals surface area (Å²) < 4.78 is 10.3. The first-order valence-electron chi connectivity index (χ1n) is 8.59. The molecule has 6 heteroatoms. The second-order valence-corrected chi connectivity index (χ2v) is 6.48. The quantitative estimate of drug-likeness (QED) is 0.624. The Hall–Kier alpha value is -2.76. The van der Waals surface area contributed by atoms with Gasteiger partial charge in [0.05, 0.1) is 24.9 Å². The van der Waals surface area contributed by atoms with Crippen molar-refractivity contribution >= 4 is 18.0 Å². The van der Waals surface area contributed by atoms with Crippen molar-refractivity contribution in [2.24, 2.45) is 5.92 Å². The molecule has 0 aliphatic carbocycles. The SMILES string of the molecule is CCOC(=O)C1=C(C)N(CC(C)C)C(=O)/C1=C\c1ccc(O)c(OC)c1. The van der Waals surface area contributed by atoms with Crippen LogP contribution < -0.4 is 4.74 Å². The lowest BCUT2D eigenvalue weighted by Gasteiger charge is -2.19. The molecule has 0 unspecified atom stereocenters. The van der Waals surface area contributed by atoms with Gasteiger partial charge < -0.3 is 19.5 Å². The summed E-state index contributed by atoms with van der Waals surface area (Å²) in [5.74, 6) is -0.188. The molecule has 0 atom stereocenters. The number of amides is 1. The molecule has 2 rings (SSSR count). The molecule has 0 saturated carbocycles. The van der Waals surface area contributed by atoms with Gasteiger partial charge in [-0.05, 0) is 43.5 Å². The third-order valence-electron chi connectivity index (χ3n) is 4.05. The molecule has 1 aliphatic rings. The lowest BCUT2D eigenvalue weighted by molar-refractivity contribution is -0.138. The molecule has 6 nitrogen and oxygen atoms in total. The summed E-state index contributed by atoms with van der Waals surface area (Å²) in [6.45, 7) is 8.25. The third kappa shape index (κ3) is 3.90. The van der Waals surface area contributed by atoms with E-state index in [-0.39, 0.29) is 35.3 Å². The summed E-state index contributed by atoms with van der Waals surface area (Å²) >= 11 is 0. The van der Waals surface area contributed by atoms with Crippen molar-refractivity contribution in [1.29, 1.82) is 0 Å². The predicted octanol–water partition coefficient (Wildman–Crippen LogP) is 3.12. The van der Waals surface area contributed by atoms with Crippen LogP contribution in [0.25, 0.3) is 6.08 Å². The minimum atomic E-state index is -0.512. The summed E-state index contributed by atoms with van der Waals surface area (Å²) in [6, 6.07) is 4.75. The molecule has 1 aliphatic heterocycles. The summed E-state index contributed by atoms with van der Waals surface area (Å²) in [4.78, 5) is 27.0. The Morgan fingerprint density at radius 1 is 1.35 bits per heavy atom. The third-order valence-corrected chi connectivity index (χ3v) is 4.05. The van der Waals surface area contributed by atoms with Crippen LogP contribution in [0.1, 0.15) is 33.3 Å². The highest BCUT2D eigenvalue weighted by Gasteiger charge is 2.37. The average Bonchev–Trinajstić information content (AvgIpc) is 2.81. The number of hydrogen-bond donors (Lipinski definition) is 1. The van der Waals surface area contributed by atoms with Crippen molar-refractivity contribution in [2.75, 3.05) is 20.3 Å². The summed E-state index contributed by atoms with van der Waals surface area (Å²) in [5.41, 5.74) is 1.81. The Morgan fingerprint density at radius 3 is 2.62 bits per heavy atom. The molecule has 1 aromatic carbocycles. The van der Waals surface area contributed by atoms with E-state index in [4.69, 9.17) is 9.47 Å². The molecular weight excluding hydrogens is 334 g/mol. The maximum absolute atomic E-state index is 12.9. The van der Waals surface area contributed by atoms with Crippen LogP contribution in [0.3, 0.4) is 0 Å². The second-order valence-electron chi connectivity index (χ2n) is 6.48. The van der Waals surface area contributed by atoms with Gasteiger partial charge in [0.1, 0.15) is 0 Å². The number of allylic oxidation sites excluding steroid dienone is 1. The van der Waals surface area contributed by atoms with Gasteiger partial charge in [0.15, 0.2) is 11.5 Å². The van der Waals surface area contributed by atoms with Crippen LogP contribution in [-0.2, 0) is 14.3 Å². The van der Waals surface area contributed by atoms with Crippen molar-refractivity contribution < 1.29 is 24.2 Å². The monoisotopic (exact) mass is 359 g/mol. The number of benzene rings is 1. The predicted molar refractivity (Wildman–Crippen MR) is 98.5 cm³/mol. The Balaban J connectivity index is 2.53. The number of aromatic hydroxyl groups is 1. The number of nitrogens with zero attached hydrogens (tertiary/aromatic N) is 1. The standard InChI is InChI=1S/C20H25NO5/c1-6-26-20(24)18-13(4)21(11-12(2)3)19(23)15(18)9-14-7-8-16(22)17(10-14)25-5/h7-10,12,22H,6,11H2,1-5H3/b15-9-. The van der Waals surface area contributed by atoms with Gasteiger partial charge in [0.2, 0.25) is 0 Å². The number of rotatable bonds is 6. The Labute approximate surface area is 153 Å². The van der Waals surface area contributed by atoms with Crippen LogP contribution in [0.4, 0.5) is 0 Å². The minimum absolute atomic E-state index is 0.00571. The Bertz CT molecular complexity index is 776. The molecule has 140 valence electrons. The number of carbonyl (C=O) groups excluding carboxylic acids is 2. The zero-order chi connectivity index (χ0) is 19.4. The van der Waals surface area contributed by atoms with Gasteiger partial charge in [0, 0.05) is 12.2 Å². The number of ether oxygens (including phenoxy) is 2. The van der Waals surface area contributed by atoms with Crippen LogP contribution >= 0.6 is 0 Å². The largest absolute Gasteiger partial charge is 0.504 e. The first-order valence-corrected chi connectivity index (χ1v) is 8.59. The minimum Gasteiger partial charge on any atom is -0.504 e. The van der Waals surface area contributed by atoms with E-state index in [1.165, 1.54) is 13.2 Å². The van der Waals surface area contributed by atoms with Crippen molar-refractivity contribution in [3.8, 4) is 11.5 Å². The lowest BCUT2D eigenvalue weighted by atomic mass is 10.0. The van der Waals surface area contributed by atoms with E-state index >= 15 is 0 Å². The topological polar surface area (TPSA) is 76.1 Å². The van der Waals surface area contributed by atoms with Gasteiger partial charge >= 0.3 is 5.97 Å². The van der Waals surface area contributed by atoms with Crippen molar-refractivity contribution in [3.05, 3.63) is 40.6 Å². The number of phenols is 1. The number of methoxy groups -OCH3 is 1. The van der Waals surface area contributed by atoms with E-state index in [9.17, 15) is 14.7 Å². The van der Waals surface area contributed by atoms with Gasteiger partial charge in [-0.15, -0.1) is 0 Å². The molecule has 0 fully saturated rings. The molecule has 26 heavy (non-hydrogen) atoms. The van der Waals surface area contributed by atoms with Crippen LogP contribution in [0.2, 0.25) is 0 Å². The number of carbonyl (C=O) groups is 2. The average molecular weight is 359 g/mol. The van der Waals surface area contributed by atoms with Crippen LogP contribution in [0.5, 0.6) is 11.5 Å². The highest BCUT2D eigenvalue weighted by atomic mass is 16.5. The highest BCUT2D eigenvalue weighted by molar-refractivity contribution is 6.16. The molecule has 0 aromatic heterocycles. The van der Waals surface area contributed by atoms with E-state index < -0.39 is 5.97 Å². The smallest absolute Gasteiger partial charge is 0.340 e. The molecule has 1 N–H and O–H groups in total. The molecule has 1 aromatic rings. The molecule has 0 bridgehead atoms. The maximum Gasteiger partial charge on any atom is 0.340 e. The Kier molecular flexibility index (Phi) is 6.08. The maximum atomic E-state index is 12.9. The van der Waals surface area contributed by atoms with Crippen molar-refractivity contribution in [2.45, 2.75) is 27.7 Å². The van der Waals surface area contributed by atoms with E-state index in [1.54, 1.807) is 37.0 Å². The zero-order valence-electron chi connectivity index (χ0n) is 15.8. The first-order chi connectivity index (χ1) is 12.3. The van der Waals surface area contributed by atoms with Gasteiger partial charge in [-0.3, -0.25) is 4.79 Å². The molecule has 0 saturated heterocycles. The van der Waals surface area contributed by atoms with Crippen molar-refractivity contribution in [1.82, 2.24) is 4.90 Å². The zero-order valence-corrected chi connectivity index (χ0v) is 15.8. The summed E-state index contributed by atoms with van der Waals surface area (Å²) in [7, 11) is 1.45. The summed E-state index contributed by atoms with van der Waals surface area (Å²) in [6.07, 6.45) is 1.63. The number of phenolic OH excluding ortho intramolecular Hbond substituents is 1. The van der Waals surface area contributed by atoms with E-state index in [0.717, 1.165) is 0 Å². The van der Waals surface area contributed by atoms with E-state index in [0.29, 0.717) is 23.6 Å². The fourth-order valence-electron chi connectivity index (χ4n) is 2.86. The fourth-order valence-corrected chi connectivity index (χ4v) is 2.86. The van der Waals surface area contributed by atoms with Gasteiger partial charge in [-0.1, -0.05) is 19.9 Å². The molecule has 1 amide bonds. The molecule has 0 radical (unpaired) electrons. The second kappa shape index (κ2) is 8.08. The molecular formula is C20H25NO5. The normalized spacial score (nSPS) is 16.0. The highest BCUT2D eigenvalue weighted by Crippen LogP contribution is 2.34. The number of hydrogen-bond acceptors (Lipinski definition) is 5. The first kappa shape index (κ1) is 19.6. The van der Waals surface area contributed by atoms with Crippen LogP contribution in [-0.4, -0.2) is 42.1 Å². The molecule has 1 heterocycles. The number of esters is 1. The summed E-state index contributed by atoms with van der Waals surface area (Å²) in [5, 5.41) is 9.74. The van der Waals surface area contributed by atoms with Crippen LogP contribution in [0, 0.1) is 5.92 Å². The van der Waals surface area contributed by atoms with Gasteiger partial charge in [-0.2, -0.15) is 0 Å². The van der Waals surface area contributed by atoms with Crippen LogP contribution in [0.15, 0.2) is 35.0 Å². The van der Waals surface area contributed by atoms with Crippen molar-refractivity contribution in [3.63, 3.8) is 0 Å². The lowest BCUT2D eigenvalue weighted by Crippen LogP contribution is -2.28. The Morgan fingerprint density at radius 2 is 2.04 bits per heavy atom. The van der Waals surface area contributed by atoms with E-state index in [2.05, 4.69) is 0 Å². The molecule has 0 spiro atoms.